The quantitative estimate of drug-likeness (QED) is 0.769. The number of rotatable bonds is 4. The van der Waals surface area contributed by atoms with Crippen LogP contribution in [-0.2, 0) is 4.79 Å². The number of amides is 1. The summed E-state index contributed by atoms with van der Waals surface area (Å²) in [6.45, 7) is 1.51. The molecule has 0 aromatic heterocycles. The largest absolute Gasteiger partial charge is 0.324 e. The van der Waals surface area contributed by atoms with Crippen molar-refractivity contribution in [2.24, 2.45) is 5.73 Å². The number of nitrogens with one attached hydrogen (secondary N) is 1. The van der Waals surface area contributed by atoms with Gasteiger partial charge >= 0.3 is 0 Å². The monoisotopic (exact) mass is 398 g/mol. The zero-order valence-electron chi connectivity index (χ0n) is 12.1. The van der Waals surface area contributed by atoms with Crippen LogP contribution < -0.4 is 11.1 Å². The molecule has 0 aliphatic carbocycles. The van der Waals surface area contributed by atoms with Crippen molar-refractivity contribution in [2.75, 3.05) is 5.32 Å². The number of nitrogens with two attached hydrogens (primary N) is 1. The molecule has 0 saturated heterocycles. The lowest BCUT2D eigenvalue weighted by molar-refractivity contribution is -0.117. The van der Waals surface area contributed by atoms with Gasteiger partial charge in [0.1, 0.15) is 5.82 Å². The number of anilines is 1. The van der Waals surface area contributed by atoms with E-state index < -0.39 is 23.5 Å². The smallest absolute Gasteiger partial charge is 0.241 e. The standard InChI is InChI=1S/C16H13BrClFN2O2/c1-8(20)16(23)21-12-7-6-10(17)14(18)13(12)15(22)9-4-2-3-5-11(9)19/h2-8H,20H2,1H3,(H,21,23)/t8-/m1/s1. The zero-order valence-corrected chi connectivity index (χ0v) is 14.4. The first-order valence-electron chi connectivity index (χ1n) is 6.66. The van der Waals surface area contributed by atoms with Gasteiger partial charge in [0, 0.05) is 4.47 Å². The lowest BCUT2D eigenvalue weighted by Crippen LogP contribution is -2.33. The van der Waals surface area contributed by atoms with E-state index in [1.54, 1.807) is 12.1 Å². The number of hydrogen-bond acceptors (Lipinski definition) is 3. The van der Waals surface area contributed by atoms with Gasteiger partial charge in [0.05, 0.1) is 27.9 Å². The van der Waals surface area contributed by atoms with Gasteiger partial charge in [0.25, 0.3) is 0 Å². The Morgan fingerprint density at radius 3 is 2.52 bits per heavy atom. The summed E-state index contributed by atoms with van der Waals surface area (Å²) in [4.78, 5) is 24.5. The Bertz CT molecular complexity index is 781. The summed E-state index contributed by atoms with van der Waals surface area (Å²) in [5, 5.41) is 2.62. The summed E-state index contributed by atoms with van der Waals surface area (Å²) in [7, 11) is 0. The molecule has 0 unspecified atom stereocenters. The Balaban J connectivity index is 2.56. The third-order valence-corrected chi connectivity index (χ3v) is 4.39. The van der Waals surface area contributed by atoms with Gasteiger partial charge in [0.2, 0.25) is 5.91 Å². The SMILES string of the molecule is C[C@@H](N)C(=O)Nc1ccc(Br)c(Cl)c1C(=O)c1ccccc1F. The topological polar surface area (TPSA) is 72.2 Å². The molecule has 0 bridgehead atoms. The molecule has 0 aliphatic heterocycles. The molecule has 1 atom stereocenters. The van der Waals surface area contributed by atoms with Crippen LogP contribution in [0.4, 0.5) is 10.1 Å². The first-order valence-corrected chi connectivity index (χ1v) is 7.83. The Kier molecular flexibility index (Phi) is 5.51. The molecule has 1 amide bonds. The van der Waals surface area contributed by atoms with E-state index >= 15 is 0 Å². The van der Waals surface area contributed by atoms with Crippen LogP contribution in [0.1, 0.15) is 22.8 Å². The van der Waals surface area contributed by atoms with Crippen molar-refractivity contribution >= 4 is 44.9 Å². The van der Waals surface area contributed by atoms with E-state index in [0.717, 1.165) is 0 Å². The van der Waals surface area contributed by atoms with Crippen molar-refractivity contribution in [1.82, 2.24) is 0 Å². The van der Waals surface area contributed by atoms with Crippen LogP contribution in [0.15, 0.2) is 40.9 Å². The summed E-state index contributed by atoms with van der Waals surface area (Å²) in [5.74, 6) is -1.78. The van der Waals surface area contributed by atoms with E-state index in [0.29, 0.717) is 4.47 Å². The average Bonchev–Trinajstić information content (AvgIpc) is 2.51. The van der Waals surface area contributed by atoms with Crippen LogP contribution in [0.2, 0.25) is 5.02 Å². The maximum Gasteiger partial charge on any atom is 0.241 e. The molecule has 2 rings (SSSR count). The van der Waals surface area contributed by atoms with Crippen molar-refractivity contribution in [3.8, 4) is 0 Å². The Morgan fingerprint density at radius 2 is 1.91 bits per heavy atom. The van der Waals surface area contributed by atoms with Crippen LogP contribution in [0.5, 0.6) is 0 Å². The fourth-order valence-corrected chi connectivity index (χ4v) is 2.48. The van der Waals surface area contributed by atoms with E-state index in [4.69, 9.17) is 17.3 Å². The van der Waals surface area contributed by atoms with E-state index in [1.807, 2.05) is 0 Å². The van der Waals surface area contributed by atoms with Crippen molar-refractivity contribution in [1.29, 1.82) is 0 Å². The summed E-state index contributed by atoms with van der Waals surface area (Å²) in [6.07, 6.45) is 0. The molecule has 23 heavy (non-hydrogen) atoms. The fourth-order valence-electron chi connectivity index (χ4n) is 1.90. The van der Waals surface area contributed by atoms with E-state index in [-0.39, 0.29) is 21.8 Å². The maximum atomic E-state index is 13.9. The van der Waals surface area contributed by atoms with Gasteiger partial charge in [-0.15, -0.1) is 0 Å². The highest BCUT2D eigenvalue weighted by Crippen LogP contribution is 2.34. The van der Waals surface area contributed by atoms with Gasteiger partial charge in [-0.05, 0) is 47.1 Å². The van der Waals surface area contributed by atoms with Gasteiger partial charge < -0.3 is 11.1 Å². The van der Waals surface area contributed by atoms with Gasteiger partial charge in [-0.1, -0.05) is 23.7 Å². The molecule has 2 aromatic carbocycles. The molecule has 0 radical (unpaired) electrons. The lowest BCUT2D eigenvalue weighted by Gasteiger charge is -2.14. The van der Waals surface area contributed by atoms with Crippen LogP contribution >= 0.6 is 27.5 Å². The molecule has 7 heteroatoms. The Morgan fingerprint density at radius 1 is 1.26 bits per heavy atom. The van der Waals surface area contributed by atoms with Crippen LogP contribution in [0.25, 0.3) is 0 Å². The minimum atomic E-state index is -0.770. The summed E-state index contributed by atoms with van der Waals surface area (Å²) >= 11 is 9.41. The summed E-state index contributed by atoms with van der Waals surface area (Å²) in [5.41, 5.74) is 5.55. The fraction of sp³-hybridized carbons (Fsp3) is 0.125. The zero-order chi connectivity index (χ0) is 17.1. The number of halogens is 3. The molecule has 3 N–H and O–H groups in total. The van der Waals surface area contributed by atoms with Crippen LogP contribution in [0, 0.1) is 5.82 Å². The summed E-state index contributed by atoms with van der Waals surface area (Å²) < 4.78 is 14.4. The third kappa shape index (κ3) is 3.77. The third-order valence-electron chi connectivity index (χ3n) is 3.11. The minimum absolute atomic E-state index is 0.000131. The van der Waals surface area contributed by atoms with Gasteiger partial charge in [-0.2, -0.15) is 0 Å². The predicted molar refractivity (Wildman–Crippen MR) is 91.3 cm³/mol. The van der Waals surface area contributed by atoms with Crippen LogP contribution in [0.3, 0.4) is 0 Å². The normalized spacial score (nSPS) is 11.9. The second kappa shape index (κ2) is 7.21. The molecule has 120 valence electrons. The summed E-state index contributed by atoms with van der Waals surface area (Å²) in [6, 6.07) is 7.87. The molecule has 2 aromatic rings. The molecule has 4 nitrogen and oxygen atoms in total. The van der Waals surface area contributed by atoms with E-state index in [9.17, 15) is 14.0 Å². The van der Waals surface area contributed by atoms with Crippen molar-refractivity contribution in [3.63, 3.8) is 0 Å². The first kappa shape index (κ1) is 17.6. The first-order chi connectivity index (χ1) is 10.8. The molecule has 0 aliphatic rings. The van der Waals surface area contributed by atoms with Crippen molar-refractivity contribution in [2.45, 2.75) is 13.0 Å². The molecule has 0 heterocycles. The van der Waals surface area contributed by atoms with Gasteiger partial charge in [-0.3, -0.25) is 9.59 Å². The highest BCUT2D eigenvalue weighted by molar-refractivity contribution is 9.10. The maximum absolute atomic E-state index is 13.9. The van der Waals surface area contributed by atoms with E-state index in [1.165, 1.54) is 31.2 Å². The highest BCUT2D eigenvalue weighted by atomic mass is 79.9. The number of carbonyl (C=O) groups is 2. The minimum Gasteiger partial charge on any atom is -0.324 e. The second-order valence-corrected chi connectivity index (χ2v) is 6.10. The average molecular weight is 400 g/mol. The molecular formula is C16H13BrClFN2O2. The van der Waals surface area contributed by atoms with Gasteiger partial charge in [-0.25, -0.2) is 4.39 Å². The number of carbonyl (C=O) groups excluding carboxylic acids is 2. The van der Waals surface area contributed by atoms with Crippen molar-refractivity contribution in [3.05, 3.63) is 62.8 Å². The van der Waals surface area contributed by atoms with Gasteiger partial charge in [0.15, 0.2) is 5.78 Å². The lowest BCUT2D eigenvalue weighted by atomic mass is 10.0. The molecule has 0 fully saturated rings. The molecule has 0 saturated carbocycles. The van der Waals surface area contributed by atoms with Crippen molar-refractivity contribution < 1.29 is 14.0 Å². The second-order valence-electron chi connectivity index (χ2n) is 4.87. The predicted octanol–water partition coefficient (Wildman–Crippen LogP) is 3.76. The van der Waals surface area contributed by atoms with Crippen LogP contribution in [-0.4, -0.2) is 17.7 Å². The number of ketones is 1. The van der Waals surface area contributed by atoms with E-state index in [2.05, 4.69) is 21.2 Å². The Hall–Kier alpha value is -1.76. The number of hydrogen-bond donors (Lipinski definition) is 2. The molecule has 0 spiro atoms. The molecular weight excluding hydrogens is 387 g/mol. The Labute approximate surface area is 145 Å². The number of benzene rings is 2. The highest BCUT2D eigenvalue weighted by Gasteiger charge is 2.23.